The number of fused-ring (bicyclic) bond motifs is 1. The largest absolute Gasteiger partial charge is 0.383 e. The van der Waals surface area contributed by atoms with Crippen molar-refractivity contribution >= 4 is 5.91 Å². The second-order valence-corrected chi connectivity index (χ2v) is 6.43. The lowest BCUT2D eigenvalue weighted by Crippen LogP contribution is -2.52. The molecule has 2 aliphatic heterocycles. The highest BCUT2D eigenvalue weighted by molar-refractivity contribution is 5.79. The van der Waals surface area contributed by atoms with E-state index in [0.29, 0.717) is 19.1 Å². The monoisotopic (exact) mass is 318 g/mol. The summed E-state index contributed by atoms with van der Waals surface area (Å²) in [6.45, 7) is 4.49. The van der Waals surface area contributed by atoms with E-state index in [9.17, 15) is 4.79 Å². The molecular formula is C18H26N2O3. The first-order valence-electron chi connectivity index (χ1n) is 8.42. The third-order valence-electron chi connectivity index (χ3n) is 4.86. The van der Waals surface area contributed by atoms with Gasteiger partial charge in [0.25, 0.3) is 0 Å². The lowest BCUT2D eigenvalue weighted by molar-refractivity contribution is -0.131. The van der Waals surface area contributed by atoms with E-state index in [1.165, 1.54) is 5.56 Å². The van der Waals surface area contributed by atoms with Gasteiger partial charge in [0.1, 0.15) is 0 Å². The molecule has 126 valence electrons. The molecular weight excluding hydrogens is 292 g/mol. The van der Waals surface area contributed by atoms with E-state index < -0.39 is 0 Å². The average molecular weight is 318 g/mol. The van der Waals surface area contributed by atoms with Gasteiger partial charge in [0.15, 0.2) is 0 Å². The average Bonchev–Trinajstić information content (AvgIpc) is 3.03. The van der Waals surface area contributed by atoms with Crippen LogP contribution in [0.1, 0.15) is 12.0 Å². The first kappa shape index (κ1) is 16.4. The van der Waals surface area contributed by atoms with Crippen LogP contribution in [0.25, 0.3) is 0 Å². The number of rotatable bonds is 6. The quantitative estimate of drug-likeness (QED) is 0.803. The third-order valence-corrected chi connectivity index (χ3v) is 4.86. The molecule has 1 aromatic rings. The maximum atomic E-state index is 12.6. The second kappa shape index (κ2) is 7.90. The van der Waals surface area contributed by atoms with Crippen LogP contribution in [0.4, 0.5) is 0 Å². The van der Waals surface area contributed by atoms with E-state index in [4.69, 9.17) is 9.47 Å². The predicted octanol–water partition coefficient (Wildman–Crippen LogP) is 1.29. The molecule has 2 aliphatic rings. The summed E-state index contributed by atoms with van der Waals surface area (Å²) in [5.74, 6) is 0.502. The summed E-state index contributed by atoms with van der Waals surface area (Å²) >= 11 is 0. The van der Waals surface area contributed by atoms with Gasteiger partial charge in [-0.1, -0.05) is 30.3 Å². The van der Waals surface area contributed by atoms with Crippen molar-refractivity contribution in [2.45, 2.75) is 19.1 Å². The van der Waals surface area contributed by atoms with E-state index in [0.717, 1.165) is 32.7 Å². The number of carbonyl (C=O) groups excluding carboxylic acids is 1. The van der Waals surface area contributed by atoms with E-state index in [1.807, 2.05) is 6.07 Å². The third kappa shape index (κ3) is 4.10. The summed E-state index contributed by atoms with van der Waals surface area (Å²) in [6, 6.07) is 10.4. The lowest BCUT2D eigenvalue weighted by Gasteiger charge is -2.39. The van der Waals surface area contributed by atoms with E-state index in [-0.39, 0.29) is 17.9 Å². The number of methoxy groups -OCH3 is 1. The SMILES string of the molecule is COCCNC(=O)[C@@H]1CN(Cc2ccccc2)C[C@@H]2OCC[C@@H]21. The number of hydrogen-bond donors (Lipinski definition) is 1. The molecule has 0 unspecified atom stereocenters. The van der Waals surface area contributed by atoms with Crippen LogP contribution in [0.15, 0.2) is 30.3 Å². The molecule has 0 radical (unpaired) electrons. The molecule has 2 fully saturated rings. The Morgan fingerprint density at radius 2 is 2.17 bits per heavy atom. The Balaban J connectivity index is 1.64. The standard InChI is InChI=1S/C18H26N2O3/c1-22-10-8-19-18(21)16-12-20(11-14-5-3-2-4-6-14)13-17-15(16)7-9-23-17/h2-6,15-17H,7-13H2,1H3,(H,19,21)/t15-,16-,17+/m1/s1. The van der Waals surface area contributed by atoms with Gasteiger partial charge in [-0.05, 0) is 12.0 Å². The molecule has 5 heteroatoms. The number of nitrogens with one attached hydrogen (secondary N) is 1. The smallest absolute Gasteiger partial charge is 0.224 e. The Morgan fingerprint density at radius 1 is 1.35 bits per heavy atom. The molecule has 5 nitrogen and oxygen atoms in total. The summed E-state index contributed by atoms with van der Waals surface area (Å²) < 4.78 is 10.9. The van der Waals surface area contributed by atoms with Gasteiger partial charge in [-0.3, -0.25) is 9.69 Å². The first-order chi connectivity index (χ1) is 11.3. The van der Waals surface area contributed by atoms with Crippen molar-refractivity contribution in [2.24, 2.45) is 11.8 Å². The van der Waals surface area contributed by atoms with Crippen molar-refractivity contribution in [3.63, 3.8) is 0 Å². The topological polar surface area (TPSA) is 50.8 Å². The molecule has 0 aromatic heterocycles. The van der Waals surface area contributed by atoms with Crippen LogP contribution in [0.2, 0.25) is 0 Å². The zero-order valence-corrected chi connectivity index (χ0v) is 13.7. The van der Waals surface area contributed by atoms with Gasteiger partial charge in [0, 0.05) is 45.8 Å². The fourth-order valence-electron chi connectivity index (χ4n) is 3.71. The van der Waals surface area contributed by atoms with Crippen molar-refractivity contribution in [3.05, 3.63) is 35.9 Å². The van der Waals surface area contributed by atoms with Crippen LogP contribution in [0.5, 0.6) is 0 Å². The van der Waals surface area contributed by atoms with Gasteiger partial charge in [-0.2, -0.15) is 0 Å². The number of piperidine rings is 1. The first-order valence-corrected chi connectivity index (χ1v) is 8.42. The minimum atomic E-state index is 0.0109. The number of hydrogen-bond acceptors (Lipinski definition) is 4. The number of ether oxygens (including phenoxy) is 2. The van der Waals surface area contributed by atoms with Crippen LogP contribution in [-0.4, -0.2) is 56.9 Å². The van der Waals surface area contributed by atoms with Gasteiger partial charge in [-0.25, -0.2) is 0 Å². The maximum absolute atomic E-state index is 12.6. The van der Waals surface area contributed by atoms with Crippen molar-refractivity contribution in [2.75, 3.05) is 40.0 Å². The predicted molar refractivity (Wildman–Crippen MR) is 87.9 cm³/mol. The molecule has 23 heavy (non-hydrogen) atoms. The summed E-state index contributed by atoms with van der Waals surface area (Å²) in [6.07, 6.45) is 1.18. The van der Waals surface area contributed by atoms with E-state index in [1.54, 1.807) is 7.11 Å². The van der Waals surface area contributed by atoms with Crippen molar-refractivity contribution in [3.8, 4) is 0 Å². The van der Waals surface area contributed by atoms with E-state index >= 15 is 0 Å². The molecule has 1 N–H and O–H groups in total. The molecule has 2 heterocycles. The van der Waals surface area contributed by atoms with Crippen LogP contribution in [-0.2, 0) is 20.8 Å². The molecule has 0 saturated carbocycles. The molecule has 3 rings (SSSR count). The zero-order valence-electron chi connectivity index (χ0n) is 13.7. The minimum Gasteiger partial charge on any atom is -0.383 e. The van der Waals surface area contributed by atoms with Gasteiger partial charge in [0.2, 0.25) is 5.91 Å². The lowest BCUT2D eigenvalue weighted by atomic mass is 9.82. The number of likely N-dealkylation sites (tertiary alicyclic amines) is 1. The minimum absolute atomic E-state index is 0.0109. The molecule has 1 aromatic carbocycles. The Bertz CT molecular complexity index is 508. The Hall–Kier alpha value is -1.43. The number of carbonyl (C=O) groups is 1. The van der Waals surface area contributed by atoms with Gasteiger partial charge in [-0.15, -0.1) is 0 Å². The van der Waals surface area contributed by atoms with Gasteiger partial charge >= 0.3 is 0 Å². The van der Waals surface area contributed by atoms with Crippen LogP contribution >= 0.6 is 0 Å². The van der Waals surface area contributed by atoms with Crippen LogP contribution in [0, 0.1) is 11.8 Å². The Kier molecular flexibility index (Phi) is 5.65. The zero-order chi connectivity index (χ0) is 16.1. The highest BCUT2D eigenvalue weighted by Gasteiger charge is 2.43. The van der Waals surface area contributed by atoms with Crippen molar-refractivity contribution < 1.29 is 14.3 Å². The molecule has 0 bridgehead atoms. The van der Waals surface area contributed by atoms with Crippen molar-refractivity contribution in [1.82, 2.24) is 10.2 Å². The maximum Gasteiger partial charge on any atom is 0.224 e. The fourth-order valence-corrected chi connectivity index (χ4v) is 3.71. The highest BCUT2D eigenvalue weighted by atomic mass is 16.5. The molecule has 2 saturated heterocycles. The fraction of sp³-hybridized carbons (Fsp3) is 0.611. The number of benzene rings is 1. The summed E-state index contributed by atoms with van der Waals surface area (Å²) in [5.41, 5.74) is 1.28. The molecule has 0 spiro atoms. The molecule has 0 aliphatic carbocycles. The van der Waals surface area contributed by atoms with Crippen LogP contribution < -0.4 is 5.32 Å². The number of amides is 1. The second-order valence-electron chi connectivity index (χ2n) is 6.43. The Labute approximate surface area is 137 Å². The summed E-state index contributed by atoms with van der Waals surface area (Å²) in [4.78, 5) is 14.9. The van der Waals surface area contributed by atoms with Gasteiger partial charge in [0.05, 0.1) is 18.6 Å². The van der Waals surface area contributed by atoms with Gasteiger partial charge < -0.3 is 14.8 Å². The summed E-state index contributed by atoms with van der Waals surface area (Å²) in [7, 11) is 1.65. The summed E-state index contributed by atoms with van der Waals surface area (Å²) in [5, 5.41) is 3.00. The van der Waals surface area contributed by atoms with Crippen molar-refractivity contribution in [1.29, 1.82) is 0 Å². The van der Waals surface area contributed by atoms with E-state index in [2.05, 4.69) is 34.5 Å². The molecule has 1 amide bonds. The van der Waals surface area contributed by atoms with Crippen LogP contribution in [0.3, 0.4) is 0 Å². The Morgan fingerprint density at radius 3 is 2.96 bits per heavy atom. The normalized spacial score (nSPS) is 27.6. The molecule has 3 atom stereocenters. The number of nitrogens with zero attached hydrogens (tertiary/aromatic N) is 1. The highest BCUT2D eigenvalue weighted by Crippen LogP contribution is 2.34.